The number of halogens is 2. The van der Waals surface area contributed by atoms with Gasteiger partial charge in [0.15, 0.2) is 0 Å². The van der Waals surface area contributed by atoms with Gasteiger partial charge >= 0.3 is 0 Å². The van der Waals surface area contributed by atoms with Crippen LogP contribution in [0.5, 0.6) is 0 Å². The molecule has 2 unspecified atom stereocenters. The van der Waals surface area contributed by atoms with E-state index in [1.54, 1.807) is 12.1 Å². The van der Waals surface area contributed by atoms with Gasteiger partial charge in [-0.1, -0.05) is 26.3 Å². The summed E-state index contributed by atoms with van der Waals surface area (Å²) in [5.41, 5.74) is 1.02. The summed E-state index contributed by atoms with van der Waals surface area (Å²) in [5, 5.41) is 3.27. The van der Waals surface area contributed by atoms with Crippen LogP contribution in [0.1, 0.15) is 38.3 Å². The van der Waals surface area contributed by atoms with Gasteiger partial charge in [0.05, 0.1) is 4.47 Å². The average molecular weight is 288 g/mol. The van der Waals surface area contributed by atoms with Crippen LogP contribution in [-0.4, -0.2) is 7.05 Å². The zero-order chi connectivity index (χ0) is 12.1. The van der Waals surface area contributed by atoms with Crippen LogP contribution < -0.4 is 5.32 Å². The van der Waals surface area contributed by atoms with Gasteiger partial charge in [-0.2, -0.15) is 0 Å². The first-order valence-corrected chi connectivity index (χ1v) is 6.51. The largest absolute Gasteiger partial charge is 0.313 e. The molecular formula is C13H19BrFN. The fourth-order valence-corrected chi connectivity index (χ4v) is 2.35. The Balaban J connectivity index is 2.90. The van der Waals surface area contributed by atoms with E-state index in [0.29, 0.717) is 10.4 Å². The molecule has 1 rings (SSSR count). The molecule has 1 nitrogen and oxygen atoms in total. The lowest BCUT2D eigenvalue weighted by Gasteiger charge is -2.23. The highest BCUT2D eigenvalue weighted by molar-refractivity contribution is 9.10. The van der Waals surface area contributed by atoms with Crippen LogP contribution in [0.4, 0.5) is 4.39 Å². The number of hydrogen-bond donors (Lipinski definition) is 1. The van der Waals surface area contributed by atoms with Crippen molar-refractivity contribution >= 4 is 15.9 Å². The van der Waals surface area contributed by atoms with Gasteiger partial charge in [-0.25, -0.2) is 4.39 Å². The fraction of sp³-hybridized carbons (Fsp3) is 0.538. The van der Waals surface area contributed by atoms with Crippen LogP contribution in [0.25, 0.3) is 0 Å². The highest BCUT2D eigenvalue weighted by Gasteiger charge is 2.17. The zero-order valence-electron chi connectivity index (χ0n) is 10.1. The van der Waals surface area contributed by atoms with Crippen molar-refractivity contribution in [3.8, 4) is 0 Å². The molecule has 0 aromatic heterocycles. The molecule has 0 aliphatic carbocycles. The lowest BCUT2D eigenvalue weighted by molar-refractivity contribution is 0.382. The Morgan fingerprint density at radius 3 is 2.62 bits per heavy atom. The molecule has 0 fully saturated rings. The van der Waals surface area contributed by atoms with Crippen LogP contribution in [0.2, 0.25) is 0 Å². The van der Waals surface area contributed by atoms with Gasteiger partial charge in [-0.15, -0.1) is 0 Å². The third-order valence-corrected chi connectivity index (χ3v) is 3.57. The molecule has 1 N–H and O–H groups in total. The third-order valence-electron chi connectivity index (χ3n) is 2.93. The molecule has 1 aromatic rings. The van der Waals surface area contributed by atoms with Gasteiger partial charge in [0.2, 0.25) is 0 Å². The summed E-state index contributed by atoms with van der Waals surface area (Å²) in [6.07, 6.45) is 2.29. The van der Waals surface area contributed by atoms with E-state index < -0.39 is 0 Å². The van der Waals surface area contributed by atoms with E-state index in [1.165, 1.54) is 0 Å². The Morgan fingerprint density at radius 2 is 2.12 bits per heavy atom. The maximum Gasteiger partial charge on any atom is 0.137 e. The van der Waals surface area contributed by atoms with Crippen molar-refractivity contribution < 1.29 is 4.39 Å². The highest BCUT2D eigenvalue weighted by Crippen LogP contribution is 2.27. The van der Waals surface area contributed by atoms with Crippen LogP contribution in [-0.2, 0) is 0 Å². The molecule has 0 aliphatic rings. The lowest BCUT2D eigenvalue weighted by Crippen LogP contribution is -2.23. The minimum Gasteiger partial charge on any atom is -0.313 e. The predicted octanol–water partition coefficient (Wildman–Crippen LogP) is 4.28. The topological polar surface area (TPSA) is 12.0 Å². The second-order valence-corrected chi connectivity index (χ2v) is 5.06. The molecular weight excluding hydrogens is 269 g/mol. The first-order chi connectivity index (χ1) is 7.60. The normalized spacial score (nSPS) is 14.8. The minimum absolute atomic E-state index is 0.193. The predicted molar refractivity (Wildman–Crippen MR) is 70.0 cm³/mol. The summed E-state index contributed by atoms with van der Waals surface area (Å²) >= 11 is 3.17. The van der Waals surface area contributed by atoms with Crippen LogP contribution >= 0.6 is 15.9 Å². The highest BCUT2D eigenvalue weighted by atomic mass is 79.9. The van der Waals surface area contributed by atoms with E-state index in [-0.39, 0.29) is 11.9 Å². The summed E-state index contributed by atoms with van der Waals surface area (Å²) in [6.45, 7) is 4.37. The Bertz CT molecular complexity index is 341. The monoisotopic (exact) mass is 287 g/mol. The SMILES string of the molecule is CCCC(C)C(NC)c1ccc(Br)c(F)c1. The van der Waals surface area contributed by atoms with Crippen molar-refractivity contribution in [1.29, 1.82) is 0 Å². The first kappa shape index (κ1) is 13.7. The van der Waals surface area contributed by atoms with E-state index >= 15 is 0 Å². The fourth-order valence-electron chi connectivity index (χ4n) is 2.11. The molecule has 0 spiro atoms. The summed E-state index contributed by atoms with van der Waals surface area (Å²) in [5.74, 6) is 0.317. The maximum absolute atomic E-state index is 13.5. The first-order valence-electron chi connectivity index (χ1n) is 5.72. The maximum atomic E-state index is 13.5. The molecule has 0 saturated carbocycles. The van der Waals surface area contributed by atoms with Crippen molar-refractivity contribution in [3.63, 3.8) is 0 Å². The molecule has 90 valence electrons. The molecule has 0 heterocycles. The van der Waals surface area contributed by atoms with Crippen molar-refractivity contribution in [3.05, 3.63) is 34.1 Å². The molecule has 16 heavy (non-hydrogen) atoms. The number of rotatable bonds is 5. The van der Waals surface area contributed by atoms with Gasteiger partial charge in [0.25, 0.3) is 0 Å². The van der Waals surface area contributed by atoms with Crippen LogP contribution in [0.3, 0.4) is 0 Å². The molecule has 0 radical (unpaired) electrons. The van der Waals surface area contributed by atoms with Gasteiger partial charge < -0.3 is 5.32 Å². The average Bonchev–Trinajstić information content (AvgIpc) is 2.25. The van der Waals surface area contributed by atoms with E-state index in [2.05, 4.69) is 35.1 Å². The van der Waals surface area contributed by atoms with Crippen LogP contribution in [0.15, 0.2) is 22.7 Å². The molecule has 3 heteroatoms. The Kier molecular flexibility index (Phi) is 5.42. The van der Waals surface area contributed by atoms with Gasteiger partial charge in [-0.05, 0) is 53.0 Å². The van der Waals surface area contributed by atoms with Gasteiger partial charge in [-0.3, -0.25) is 0 Å². The van der Waals surface area contributed by atoms with Gasteiger partial charge in [0.1, 0.15) is 5.82 Å². The van der Waals surface area contributed by atoms with E-state index in [4.69, 9.17) is 0 Å². The molecule has 0 saturated heterocycles. The molecule has 0 aliphatic heterocycles. The van der Waals surface area contributed by atoms with Crippen molar-refractivity contribution in [2.75, 3.05) is 7.05 Å². The van der Waals surface area contributed by atoms with E-state index in [0.717, 1.165) is 18.4 Å². The minimum atomic E-state index is -0.193. The smallest absolute Gasteiger partial charge is 0.137 e. The standard InChI is InChI=1S/C13H19BrFN/c1-4-5-9(2)13(16-3)10-6-7-11(14)12(15)8-10/h6-9,13,16H,4-5H2,1-3H3. The van der Waals surface area contributed by atoms with Crippen molar-refractivity contribution in [1.82, 2.24) is 5.32 Å². The third kappa shape index (κ3) is 3.29. The van der Waals surface area contributed by atoms with Crippen molar-refractivity contribution in [2.45, 2.75) is 32.7 Å². The van der Waals surface area contributed by atoms with E-state index in [1.807, 2.05) is 13.1 Å². The van der Waals surface area contributed by atoms with Crippen molar-refractivity contribution in [2.24, 2.45) is 5.92 Å². The lowest BCUT2D eigenvalue weighted by atomic mass is 9.91. The Morgan fingerprint density at radius 1 is 1.44 bits per heavy atom. The number of hydrogen-bond acceptors (Lipinski definition) is 1. The molecule has 1 aromatic carbocycles. The Hall–Kier alpha value is -0.410. The zero-order valence-corrected chi connectivity index (χ0v) is 11.6. The van der Waals surface area contributed by atoms with Gasteiger partial charge in [0, 0.05) is 6.04 Å². The quantitative estimate of drug-likeness (QED) is 0.852. The second kappa shape index (κ2) is 6.36. The summed E-state index contributed by atoms with van der Waals surface area (Å²) in [4.78, 5) is 0. The number of benzene rings is 1. The summed E-state index contributed by atoms with van der Waals surface area (Å²) in [6, 6.07) is 5.58. The summed E-state index contributed by atoms with van der Waals surface area (Å²) in [7, 11) is 1.93. The molecule has 0 amide bonds. The van der Waals surface area contributed by atoms with E-state index in [9.17, 15) is 4.39 Å². The number of nitrogens with one attached hydrogen (secondary N) is 1. The Labute approximate surface area is 106 Å². The van der Waals surface area contributed by atoms with Crippen LogP contribution in [0, 0.1) is 11.7 Å². The second-order valence-electron chi connectivity index (χ2n) is 4.21. The summed E-state index contributed by atoms with van der Waals surface area (Å²) < 4.78 is 14.0. The molecule has 0 bridgehead atoms. The molecule has 2 atom stereocenters.